The summed E-state index contributed by atoms with van der Waals surface area (Å²) in [5, 5.41) is 2.73. The van der Waals surface area contributed by atoms with Crippen LogP contribution in [0.15, 0.2) is 18.2 Å². The van der Waals surface area contributed by atoms with E-state index in [0.717, 1.165) is 23.2 Å². The average Bonchev–Trinajstić information content (AvgIpc) is 2.40. The van der Waals surface area contributed by atoms with Gasteiger partial charge in [0.25, 0.3) is 0 Å². The van der Waals surface area contributed by atoms with Crippen molar-refractivity contribution in [1.82, 2.24) is 5.32 Å². The molecule has 0 atom stereocenters. The fraction of sp³-hybridized carbons (Fsp3) is 0.385. The highest BCUT2D eigenvalue weighted by Crippen LogP contribution is 2.27. The maximum Gasteiger partial charge on any atom is 0.234 e. The van der Waals surface area contributed by atoms with Gasteiger partial charge in [-0.15, -0.1) is 0 Å². The second-order valence-electron chi connectivity index (χ2n) is 4.40. The van der Waals surface area contributed by atoms with E-state index >= 15 is 0 Å². The van der Waals surface area contributed by atoms with Crippen molar-refractivity contribution in [3.8, 4) is 0 Å². The molecular weight excluding hydrogens is 230 g/mol. The number of carbonyl (C=O) groups is 2. The summed E-state index contributed by atoms with van der Waals surface area (Å²) in [4.78, 5) is 24.3. The van der Waals surface area contributed by atoms with Crippen LogP contribution in [0.5, 0.6) is 0 Å². The lowest BCUT2D eigenvalue weighted by Gasteiger charge is -2.26. The highest BCUT2D eigenvalue weighted by Gasteiger charge is 2.20. The molecule has 1 aliphatic heterocycles. The van der Waals surface area contributed by atoms with Crippen LogP contribution in [0.4, 0.5) is 5.69 Å². The monoisotopic (exact) mass is 247 g/mol. The molecule has 0 radical (unpaired) electrons. The van der Waals surface area contributed by atoms with Gasteiger partial charge in [-0.1, -0.05) is 12.1 Å². The van der Waals surface area contributed by atoms with Gasteiger partial charge in [0, 0.05) is 25.7 Å². The van der Waals surface area contributed by atoms with Gasteiger partial charge in [0.15, 0.2) is 0 Å². The smallest absolute Gasteiger partial charge is 0.234 e. The van der Waals surface area contributed by atoms with Crippen LogP contribution >= 0.6 is 0 Å². The topological polar surface area (TPSA) is 75.4 Å². The molecule has 18 heavy (non-hydrogen) atoms. The van der Waals surface area contributed by atoms with Crippen molar-refractivity contribution in [3.05, 3.63) is 29.3 Å². The summed E-state index contributed by atoms with van der Waals surface area (Å²) in [6, 6.07) is 5.89. The van der Waals surface area contributed by atoms with E-state index in [-0.39, 0.29) is 18.4 Å². The molecule has 96 valence electrons. The molecule has 5 nitrogen and oxygen atoms in total. The van der Waals surface area contributed by atoms with Crippen molar-refractivity contribution < 1.29 is 9.59 Å². The molecule has 5 heteroatoms. The number of aryl methyl sites for hydroxylation is 1. The van der Waals surface area contributed by atoms with Gasteiger partial charge in [-0.2, -0.15) is 0 Å². The standard InChI is InChI=1S/C13H17N3O2/c1-16-11-4-2-9(8-15-12(17)7-14)6-10(11)3-5-13(16)18/h2,4,6H,3,5,7-8,14H2,1H3,(H,15,17). The Bertz CT molecular complexity index is 485. The highest BCUT2D eigenvalue weighted by molar-refractivity contribution is 5.95. The Balaban J connectivity index is 2.13. The number of hydrogen-bond donors (Lipinski definition) is 2. The van der Waals surface area contributed by atoms with Crippen LogP contribution < -0.4 is 16.0 Å². The van der Waals surface area contributed by atoms with Crippen LogP contribution in [-0.2, 0) is 22.6 Å². The number of nitrogens with two attached hydrogens (primary N) is 1. The largest absolute Gasteiger partial charge is 0.351 e. The number of amides is 2. The van der Waals surface area contributed by atoms with Gasteiger partial charge >= 0.3 is 0 Å². The molecule has 0 aromatic heterocycles. The van der Waals surface area contributed by atoms with Gasteiger partial charge in [0.1, 0.15) is 0 Å². The molecule has 0 bridgehead atoms. The van der Waals surface area contributed by atoms with E-state index in [1.807, 2.05) is 18.2 Å². The maximum atomic E-state index is 11.6. The lowest BCUT2D eigenvalue weighted by Crippen LogP contribution is -2.32. The van der Waals surface area contributed by atoms with Crippen molar-refractivity contribution >= 4 is 17.5 Å². The molecule has 2 amide bonds. The van der Waals surface area contributed by atoms with Crippen LogP contribution in [0, 0.1) is 0 Å². The third-order valence-electron chi connectivity index (χ3n) is 3.16. The summed E-state index contributed by atoms with van der Waals surface area (Å²) in [5.74, 6) is -0.0216. The van der Waals surface area contributed by atoms with E-state index in [2.05, 4.69) is 5.32 Å². The van der Waals surface area contributed by atoms with Crippen LogP contribution in [0.3, 0.4) is 0 Å². The summed E-state index contributed by atoms with van der Waals surface area (Å²) in [7, 11) is 1.79. The first kappa shape index (κ1) is 12.6. The number of fused-ring (bicyclic) bond motifs is 1. The molecule has 0 unspecified atom stereocenters. The molecule has 0 spiro atoms. The molecule has 0 saturated heterocycles. The third kappa shape index (κ3) is 2.51. The molecule has 3 N–H and O–H groups in total. The minimum Gasteiger partial charge on any atom is -0.351 e. The highest BCUT2D eigenvalue weighted by atomic mass is 16.2. The van der Waals surface area contributed by atoms with Crippen molar-refractivity contribution in [3.63, 3.8) is 0 Å². The van der Waals surface area contributed by atoms with E-state index in [1.165, 1.54) is 0 Å². The second-order valence-corrected chi connectivity index (χ2v) is 4.40. The van der Waals surface area contributed by atoms with Gasteiger partial charge in [-0.3, -0.25) is 9.59 Å². The van der Waals surface area contributed by atoms with Crippen molar-refractivity contribution in [2.75, 3.05) is 18.5 Å². The molecule has 1 aliphatic rings. The number of carbonyl (C=O) groups excluding carboxylic acids is 2. The summed E-state index contributed by atoms with van der Waals surface area (Å²) < 4.78 is 0. The minimum atomic E-state index is -0.167. The van der Waals surface area contributed by atoms with Gasteiger partial charge in [-0.25, -0.2) is 0 Å². The Kier molecular flexibility index (Phi) is 3.62. The van der Waals surface area contributed by atoms with Gasteiger partial charge in [0.05, 0.1) is 6.54 Å². The minimum absolute atomic E-state index is 0.00216. The van der Waals surface area contributed by atoms with Crippen LogP contribution in [0.2, 0.25) is 0 Å². The average molecular weight is 247 g/mol. The lowest BCUT2D eigenvalue weighted by atomic mass is 9.99. The van der Waals surface area contributed by atoms with E-state index in [0.29, 0.717) is 13.0 Å². The van der Waals surface area contributed by atoms with Gasteiger partial charge < -0.3 is 16.0 Å². The molecule has 0 aliphatic carbocycles. The number of nitrogens with one attached hydrogen (secondary N) is 1. The number of hydrogen-bond acceptors (Lipinski definition) is 3. The normalized spacial score (nSPS) is 14.3. The number of rotatable bonds is 3. The van der Waals surface area contributed by atoms with E-state index in [9.17, 15) is 9.59 Å². The first-order valence-corrected chi connectivity index (χ1v) is 5.97. The quantitative estimate of drug-likeness (QED) is 0.799. The molecule has 0 saturated carbocycles. The summed E-state index contributed by atoms with van der Waals surface area (Å²) in [6.07, 6.45) is 1.30. The van der Waals surface area contributed by atoms with E-state index in [4.69, 9.17) is 5.73 Å². The molecule has 1 aromatic carbocycles. The fourth-order valence-corrected chi connectivity index (χ4v) is 2.09. The predicted molar refractivity (Wildman–Crippen MR) is 69.1 cm³/mol. The third-order valence-corrected chi connectivity index (χ3v) is 3.16. The first-order chi connectivity index (χ1) is 8.61. The first-order valence-electron chi connectivity index (χ1n) is 5.97. The Hall–Kier alpha value is -1.88. The SMILES string of the molecule is CN1C(=O)CCc2cc(CNC(=O)CN)ccc21. The number of benzene rings is 1. The molecule has 1 aromatic rings. The Labute approximate surface area is 106 Å². The Morgan fingerprint density at radius 1 is 1.44 bits per heavy atom. The Morgan fingerprint density at radius 2 is 2.22 bits per heavy atom. The van der Waals surface area contributed by atoms with Gasteiger partial charge in [-0.05, 0) is 23.6 Å². The predicted octanol–water partition coefficient (Wildman–Crippen LogP) is 0.171. The Morgan fingerprint density at radius 3 is 2.94 bits per heavy atom. The van der Waals surface area contributed by atoms with Gasteiger partial charge in [0.2, 0.25) is 11.8 Å². The number of anilines is 1. The zero-order chi connectivity index (χ0) is 13.1. The van der Waals surface area contributed by atoms with E-state index < -0.39 is 0 Å². The molecule has 1 heterocycles. The summed E-state index contributed by atoms with van der Waals surface area (Å²) >= 11 is 0. The van der Waals surface area contributed by atoms with Crippen LogP contribution in [0.1, 0.15) is 17.5 Å². The van der Waals surface area contributed by atoms with Crippen molar-refractivity contribution in [2.24, 2.45) is 5.73 Å². The molecule has 2 rings (SSSR count). The fourth-order valence-electron chi connectivity index (χ4n) is 2.09. The molecule has 0 fully saturated rings. The van der Waals surface area contributed by atoms with Crippen LogP contribution in [0.25, 0.3) is 0 Å². The van der Waals surface area contributed by atoms with E-state index in [1.54, 1.807) is 11.9 Å². The zero-order valence-electron chi connectivity index (χ0n) is 10.4. The van der Waals surface area contributed by atoms with Crippen molar-refractivity contribution in [2.45, 2.75) is 19.4 Å². The lowest BCUT2D eigenvalue weighted by molar-refractivity contribution is -0.120. The molecular formula is C13H17N3O2. The summed E-state index contributed by atoms with van der Waals surface area (Å²) in [6.45, 7) is 0.475. The second kappa shape index (κ2) is 5.18. The maximum absolute atomic E-state index is 11.6. The zero-order valence-corrected chi connectivity index (χ0v) is 10.4. The summed E-state index contributed by atoms with van der Waals surface area (Å²) in [5.41, 5.74) is 8.36. The number of nitrogens with zero attached hydrogens (tertiary/aromatic N) is 1. The van der Waals surface area contributed by atoms with Crippen molar-refractivity contribution in [1.29, 1.82) is 0 Å². The van der Waals surface area contributed by atoms with Crippen LogP contribution in [-0.4, -0.2) is 25.4 Å².